The number of rotatable bonds is 4. The predicted octanol–water partition coefficient (Wildman–Crippen LogP) is 4.15. The molecule has 1 aromatic carbocycles. The highest BCUT2D eigenvalue weighted by Crippen LogP contribution is 2.24. The van der Waals surface area contributed by atoms with Gasteiger partial charge in [0, 0.05) is 37.1 Å². The van der Waals surface area contributed by atoms with E-state index in [4.69, 9.17) is 0 Å². The topological polar surface area (TPSA) is 61.0 Å². The van der Waals surface area contributed by atoms with E-state index in [1.807, 2.05) is 44.4 Å². The quantitative estimate of drug-likeness (QED) is 0.687. The van der Waals surface area contributed by atoms with Crippen LogP contribution >= 0.6 is 0 Å². The lowest BCUT2D eigenvalue weighted by atomic mass is 10.1. The number of benzene rings is 1. The summed E-state index contributed by atoms with van der Waals surface area (Å²) in [6, 6.07) is 12.3. The second-order valence-electron chi connectivity index (χ2n) is 7.08. The molecule has 3 aromatic rings. The third-order valence-corrected chi connectivity index (χ3v) is 5.25. The monoisotopic (exact) mass is 360 g/mol. The van der Waals surface area contributed by atoms with Crippen molar-refractivity contribution < 1.29 is 4.79 Å². The van der Waals surface area contributed by atoms with Gasteiger partial charge in [-0.1, -0.05) is 18.2 Å². The Balaban J connectivity index is 1.47. The maximum Gasteiger partial charge on any atom is 0.246 e. The van der Waals surface area contributed by atoms with Crippen LogP contribution in [0, 0.1) is 0 Å². The third kappa shape index (κ3) is 3.58. The summed E-state index contributed by atoms with van der Waals surface area (Å²) in [4.78, 5) is 22.2. The van der Waals surface area contributed by atoms with Crippen LogP contribution in [0.15, 0.2) is 48.7 Å². The molecular formula is C22H24N4O. The molecule has 0 aliphatic carbocycles. The maximum atomic E-state index is 12.6. The van der Waals surface area contributed by atoms with Crippen molar-refractivity contribution in [3.63, 3.8) is 0 Å². The van der Waals surface area contributed by atoms with Gasteiger partial charge in [-0.25, -0.2) is 4.98 Å². The summed E-state index contributed by atoms with van der Waals surface area (Å²) in [5.74, 6) is 0.936. The van der Waals surface area contributed by atoms with Gasteiger partial charge in [-0.15, -0.1) is 0 Å². The van der Waals surface area contributed by atoms with Gasteiger partial charge in [0.15, 0.2) is 0 Å². The van der Waals surface area contributed by atoms with Gasteiger partial charge in [-0.2, -0.15) is 0 Å². The zero-order valence-electron chi connectivity index (χ0n) is 15.7. The highest BCUT2D eigenvalue weighted by Gasteiger charge is 2.17. The van der Waals surface area contributed by atoms with Gasteiger partial charge in [0.05, 0.1) is 6.04 Å². The van der Waals surface area contributed by atoms with Gasteiger partial charge in [0.25, 0.3) is 0 Å². The van der Waals surface area contributed by atoms with Crippen LogP contribution in [0.3, 0.4) is 0 Å². The van der Waals surface area contributed by atoms with Crippen LogP contribution in [-0.2, 0) is 11.2 Å². The Bertz CT molecular complexity index is 971. The first-order valence-electron chi connectivity index (χ1n) is 9.37. The minimum atomic E-state index is -0.0413. The Morgan fingerprint density at radius 3 is 3.00 bits per heavy atom. The first kappa shape index (κ1) is 17.3. The molecule has 1 aliphatic heterocycles. The Labute approximate surface area is 159 Å². The molecule has 0 saturated carbocycles. The van der Waals surface area contributed by atoms with Crippen molar-refractivity contribution in [1.29, 1.82) is 0 Å². The van der Waals surface area contributed by atoms with Crippen molar-refractivity contribution in [2.75, 3.05) is 18.9 Å². The molecule has 5 heteroatoms. The number of anilines is 1. The number of carbonyl (C=O) groups excluding carboxylic acids is 1. The summed E-state index contributed by atoms with van der Waals surface area (Å²) < 4.78 is 0. The van der Waals surface area contributed by atoms with Crippen molar-refractivity contribution >= 4 is 28.7 Å². The number of aryl methyl sites for hydroxylation is 1. The fourth-order valence-electron chi connectivity index (χ4n) is 3.46. The molecule has 4 rings (SSSR count). The number of H-pyrrole nitrogens is 1. The lowest BCUT2D eigenvalue weighted by Gasteiger charge is -2.23. The molecule has 27 heavy (non-hydrogen) atoms. The normalized spacial score (nSPS) is 14.7. The summed E-state index contributed by atoms with van der Waals surface area (Å²) in [6.07, 6.45) is 7.42. The fourth-order valence-corrected chi connectivity index (χ4v) is 3.46. The number of aromatic nitrogens is 2. The molecule has 0 fully saturated rings. The second kappa shape index (κ2) is 7.27. The molecule has 5 nitrogen and oxygen atoms in total. The van der Waals surface area contributed by atoms with E-state index >= 15 is 0 Å². The summed E-state index contributed by atoms with van der Waals surface area (Å²) in [5.41, 5.74) is 4.29. The van der Waals surface area contributed by atoms with Crippen LogP contribution in [0.25, 0.3) is 17.0 Å². The molecule has 3 heterocycles. The zero-order chi connectivity index (χ0) is 18.8. The minimum Gasteiger partial charge on any atom is -0.370 e. The number of amides is 1. The molecule has 2 aromatic heterocycles. The van der Waals surface area contributed by atoms with Crippen LogP contribution in [0.5, 0.6) is 0 Å². The summed E-state index contributed by atoms with van der Waals surface area (Å²) in [5, 5.41) is 4.46. The van der Waals surface area contributed by atoms with E-state index in [0.29, 0.717) is 0 Å². The van der Waals surface area contributed by atoms with E-state index in [2.05, 4.69) is 33.5 Å². The first-order chi connectivity index (χ1) is 13.1. The molecule has 1 aliphatic rings. The average molecular weight is 360 g/mol. The summed E-state index contributed by atoms with van der Waals surface area (Å²) in [6.45, 7) is 3.01. The van der Waals surface area contributed by atoms with Crippen LogP contribution in [0.1, 0.15) is 36.2 Å². The minimum absolute atomic E-state index is 0.0306. The first-order valence-corrected chi connectivity index (χ1v) is 9.37. The van der Waals surface area contributed by atoms with Crippen molar-refractivity contribution in [3.8, 4) is 0 Å². The number of para-hydroxylation sites is 1. The van der Waals surface area contributed by atoms with Gasteiger partial charge < -0.3 is 15.2 Å². The highest BCUT2D eigenvalue weighted by molar-refractivity contribution is 5.92. The van der Waals surface area contributed by atoms with Crippen molar-refractivity contribution in [1.82, 2.24) is 14.9 Å². The Kier molecular flexibility index (Phi) is 4.67. The largest absolute Gasteiger partial charge is 0.370 e. The molecule has 1 atom stereocenters. The number of nitrogens with zero attached hydrogens (tertiary/aromatic N) is 2. The Hall–Kier alpha value is -3.08. The molecular weight excluding hydrogens is 336 g/mol. The third-order valence-electron chi connectivity index (χ3n) is 5.25. The average Bonchev–Trinajstić information content (AvgIpc) is 3.15. The molecule has 138 valence electrons. The number of carbonyl (C=O) groups is 1. The lowest BCUT2D eigenvalue weighted by molar-refractivity contribution is -0.126. The van der Waals surface area contributed by atoms with E-state index < -0.39 is 0 Å². The number of aromatic amines is 1. The van der Waals surface area contributed by atoms with Crippen molar-refractivity contribution in [2.24, 2.45) is 0 Å². The molecule has 2 N–H and O–H groups in total. The number of fused-ring (bicyclic) bond motifs is 2. The molecule has 1 amide bonds. The number of hydrogen-bond donors (Lipinski definition) is 2. The van der Waals surface area contributed by atoms with E-state index in [9.17, 15) is 4.79 Å². The van der Waals surface area contributed by atoms with Crippen LogP contribution in [0.2, 0.25) is 0 Å². The molecule has 0 saturated heterocycles. The molecule has 0 bridgehead atoms. The predicted molar refractivity (Wildman–Crippen MR) is 110 cm³/mol. The van der Waals surface area contributed by atoms with Gasteiger partial charge in [0.2, 0.25) is 5.91 Å². The van der Waals surface area contributed by atoms with Crippen molar-refractivity contribution in [3.05, 3.63) is 65.5 Å². The Morgan fingerprint density at radius 1 is 1.30 bits per heavy atom. The Morgan fingerprint density at radius 2 is 2.15 bits per heavy atom. The molecule has 0 radical (unpaired) electrons. The van der Waals surface area contributed by atoms with E-state index in [1.165, 1.54) is 5.56 Å². The number of likely N-dealkylation sites (N-methyl/N-ethyl adjacent to an activating group) is 1. The van der Waals surface area contributed by atoms with Crippen LogP contribution < -0.4 is 5.32 Å². The van der Waals surface area contributed by atoms with Gasteiger partial charge >= 0.3 is 0 Å². The highest BCUT2D eigenvalue weighted by atomic mass is 16.2. The zero-order valence-corrected chi connectivity index (χ0v) is 15.7. The smallest absolute Gasteiger partial charge is 0.246 e. The lowest BCUT2D eigenvalue weighted by Crippen LogP contribution is -2.28. The van der Waals surface area contributed by atoms with Crippen molar-refractivity contribution in [2.45, 2.75) is 25.8 Å². The van der Waals surface area contributed by atoms with E-state index in [0.717, 1.165) is 47.4 Å². The number of nitrogens with one attached hydrogen (secondary N) is 2. The summed E-state index contributed by atoms with van der Waals surface area (Å²) in [7, 11) is 1.83. The van der Waals surface area contributed by atoms with Gasteiger partial charge in [-0.05, 0) is 60.6 Å². The standard InChI is InChI=1S/C22H24N4O/c1-15(20-13-17-6-3-4-8-19(17)25-20)26(2)21(27)10-9-16-12-18-7-5-11-23-22(18)24-14-16/h3-4,6,8-10,12-15,25H,5,7,11H2,1-2H3,(H,23,24). The second-order valence-corrected chi connectivity index (χ2v) is 7.08. The SMILES string of the molecule is CC(c1cc2ccccc2[nH]1)N(C)C(=O)C=Cc1cnc2c(c1)CCCN2. The molecule has 0 spiro atoms. The maximum absolute atomic E-state index is 12.6. The van der Waals surface area contributed by atoms with Gasteiger partial charge in [0.1, 0.15) is 5.82 Å². The van der Waals surface area contributed by atoms with Crippen LogP contribution in [0.4, 0.5) is 5.82 Å². The fraction of sp³-hybridized carbons (Fsp3) is 0.273. The molecule has 1 unspecified atom stereocenters. The van der Waals surface area contributed by atoms with E-state index in [1.54, 1.807) is 11.0 Å². The van der Waals surface area contributed by atoms with Crippen LogP contribution in [-0.4, -0.2) is 34.4 Å². The number of pyridine rings is 1. The number of hydrogen-bond acceptors (Lipinski definition) is 3. The van der Waals surface area contributed by atoms with Gasteiger partial charge in [-0.3, -0.25) is 4.79 Å². The van der Waals surface area contributed by atoms with E-state index in [-0.39, 0.29) is 11.9 Å². The summed E-state index contributed by atoms with van der Waals surface area (Å²) >= 11 is 0.